The highest BCUT2D eigenvalue weighted by Crippen LogP contribution is 2.28. The Labute approximate surface area is 126 Å². The summed E-state index contributed by atoms with van der Waals surface area (Å²) in [4.78, 5) is 0. The van der Waals surface area contributed by atoms with Gasteiger partial charge in [0.2, 0.25) is 0 Å². The highest BCUT2D eigenvalue weighted by atomic mass is 16.5. The van der Waals surface area contributed by atoms with Crippen LogP contribution in [0.2, 0.25) is 0 Å². The summed E-state index contributed by atoms with van der Waals surface area (Å²) in [5.74, 6) is 1.58. The standard InChI is InChI=1S/C17H22N2O2/c1-3-20-16-11-10-14(12-17(16)21-4-2)13-18-19-15-8-6-5-7-9-15/h5-12,18-19H,3-4,13H2,1-2H3. The van der Waals surface area contributed by atoms with Gasteiger partial charge in [-0.15, -0.1) is 0 Å². The van der Waals surface area contributed by atoms with Gasteiger partial charge in [0.15, 0.2) is 11.5 Å². The average molecular weight is 286 g/mol. The second-order valence-electron chi connectivity index (χ2n) is 4.49. The van der Waals surface area contributed by atoms with Crippen LogP contribution in [0.3, 0.4) is 0 Å². The topological polar surface area (TPSA) is 42.5 Å². The maximum absolute atomic E-state index is 5.62. The number of ether oxygens (including phenoxy) is 2. The molecule has 0 amide bonds. The smallest absolute Gasteiger partial charge is 0.161 e. The normalized spacial score (nSPS) is 10.2. The van der Waals surface area contributed by atoms with Crippen molar-refractivity contribution < 1.29 is 9.47 Å². The van der Waals surface area contributed by atoms with E-state index in [1.165, 1.54) is 0 Å². The first-order valence-electron chi connectivity index (χ1n) is 7.26. The van der Waals surface area contributed by atoms with E-state index >= 15 is 0 Å². The first kappa shape index (κ1) is 15.2. The van der Waals surface area contributed by atoms with Crippen LogP contribution in [0.15, 0.2) is 48.5 Å². The van der Waals surface area contributed by atoms with Gasteiger partial charge in [0.1, 0.15) is 0 Å². The Morgan fingerprint density at radius 3 is 2.29 bits per heavy atom. The van der Waals surface area contributed by atoms with Crippen molar-refractivity contribution >= 4 is 5.69 Å². The van der Waals surface area contributed by atoms with Gasteiger partial charge in [-0.2, -0.15) is 0 Å². The highest BCUT2D eigenvalue weighted by Gasteiger charge is 2.05. The quantitative estimate of drug-likeness (QED) is 0.728. The summed E-state index contributed by atoms with van der Waals surface area (Å²) in [6.07, 6.45) is 0. The maximum atomic E-state index is 5.62. The average Bonchev–Trinajstić information content (AvgIpc) is 2.51. The molecule has 2 aromatic rings. The summed E-state index contributed by atoms with van der Waals surface area (Å²) >= 11 is 0. The molecule has 0 spiro atoms. The van der Waals surface area contributed by atoms with Crippen molar-refractivity contribution in [1.82, 2.24) is 5.43 Å². The van der Waals surface area contributed by atoms with Gasteiger partial charge in [-0.25, -0.2) is 5.43 Å². The minimum Gasteiger partial charge on any atom is -0.490 e. The highest BCUT2D eigenvalue weighted by molar-refractivity contribution is 5.44. The molecule has 0 radical (unpaired) electrons. The zero-order valence-corrected chi connectivity index (χ0v) is 12.6. The molecule has 2 rings (SSSR count). The summed E-state index contributed by atoms with van der Waals surface area (Å²) in [5, 5.41) is 0. The van der Waals surface area contributed by atoms with Gasteiger partial charge >= 0.3 is 0 Å². The third-order valence-electron chi connectivity index (χ3n) is 2.91. The molecule has 0 heterocycles. The fraction of sp³-hybridized carbons (Fsp3) is 0.294. The van der Waals surface area contributed by atoms with Crippen molar-refractivity contribution in [3.05, 3.63) is 54.1 Å². The van der Waals surface area contributed by atoms with Gasteiger partial charge in [-0.3, -0.25) is 0 Å². The molecule has 0 atom stereocenters. The lowest BCUT2D eigenvalue weighted by Gasteiger charge is -2.13. The predicted octanol–water partition coefficient (Wildman–Crippen LogP) is 3.60. The molecule has 112 valence electrons. The molecule has 0 aliphatic heterocycles. The zero-order chi connectivity index (χ0) is 14.9. The van der Waals surface area contributed by atoms with Gasteiger partial charge in [0, 0.05) is 12.2 Å². The minimum atomic E-state index is 0.624. The van der Waals surface area contributed by atoms with Crippen LogP contribution in [0.5, 0.6) is 11.5 Å². The van der Waals surface area contributed by atoms with Crippen LogP contribution in [0.25, 0.3) is 0 Å². The van der Waals surface area contributed by atoms with Crippen LogP contribution in [-0.4, -0.2) is 13.2 Å². The van der Waals surface area contributed by atoms with E-state index in [2.05, 4.69) is 10.9 Å². The van der Waals surface area contributed by atoms with Crippen molar-refractivity contribution in [3.8, 4) is 11.5 Å². The van der Waals surface area contributed by atoms with E-state index in [1.54, 1.807) is 0 Å². The van der Waals surface area contributed by atoms with E-state index in [0.717, 1.165) is 22.7 Å². The van der Waals surface area contributed by atoms with Gasteiger partial charge < -0.3 is 14.9 Å². The molecule has 21 heavy (non-hydrogen) atoms. The van der Waals surface area contributed by atoms with Crippen molar-refractivity contribution in [2.45, 2.75) is 20.4 Å². The lowest BCUT2D eigenvalue weighted by atomic mass is 10.2. The SMILES string of the molecule is CCOc1ccc(CNNc2ccccc2)cc1OCC. The van der Waals surface area contributed by atoms with E-state index < -0.39 is 0 Å². The van der Waals surface area contributed by atoms with E-state index in [-0.39, 0.29) is 0 Å². The van der Waals surface area contributed by atoms with Crippen molar-refractivity contribution in [2.24, 2.45) is 0 Å². The van der Waals surface area contributed by atoms with Gasteiger partial charge in [-0.1, -0.05) is 24.3 Å². The van der Waals surface area contributed by atoms with Crippen LogP contribution >= 0.6 is 0 Å². The van der Waals surface area contributed by atoms with Crippen LogP contribution in [-0.2, 0) is 6.54 Å². The van der Waals surface area contributed by atoms with Gasteiger partial charge in [0.25, 0.3) is 0 Å². The van der Waals surface area contributed by atoms with E-state index in [9.17, 15) is 0 Å². The summed E-state index contributed by atoms with van der Waals surface area (Å²) in [6.45, 7) is 5.89. The fourth-order valence-electron chi connectivity index (χ4n) is 1.98. The molecule has 0 aliphatic carbocycles. The Morgan fingerprint density at radius 1 is 0.857 bits per heavy atom. The molecule has 2 aromatic carbocycles. The zero-order valence-electron chi connectivity index (χ0n) is 12.6. The first-order chi connectivity index (χ1) is 10.3. The summed E-state index contributed by atoms with van der Waals surface area (Å²) in [5.41, 5.74) is 8.52. The Balaban J connectivity index is 1.95. The number of hydrogen-bond donors (Lipinski definition) is 2. The summed E-state index contributed by atoms with van der Waals surface area (Å²) in [6, 6.07) is 16.0. The second kappa shape index (κ2) is 8.17. The van der Waals surface area contributed by atoms with Crippen molar-refractivity contribution in [3.63, 3.8) is 0 Å². The maximum Gasteiger partial charge on any atom is 0.161 e. The van der Waals surface area contributed by atoms with E-state index in [0.29, 0.717) is 19.8 Å². The molecule has 0 aliphatic rings. The minimum absolute atomic E-state index is 0.624. The molecule has 0 saturated heterocycles. The van der Waals surface area contributed by atoms with Gasteiger partial charge in [-0.05, 0) is 43.7 Å². The molecule has 0 aromatic heterocycles. The number of para-hydroxylation sites is 1. The third-order valence-corrected chi connectivity index (χ3v) is 2.91. The Hall–Kier alpha value is -2.20. The molecule has 0 bridgehead atoms. The first-order valence-corrected chi connectivity index (χ1v) is 7.26. The Bertz CT molecular complexity index is 544. The number of hydrogen-bond acceptors (Lipinski definition) is 4. The lowest BCUT2D eigenvalue weighted by molar-refractivity contribution is 0.287. The molecule has 0 unspecified atom stereocenters. The van der Waals surface area contributed by atoms with Crippen LogP contribution in [0.1, 0.15) is 19.4 Å². The molecule has 0 saturated carbocycles. The number of anilines is 1. The lowest BCUT2D eigenvalue weighted by Crippen LogP contribution is -2.20. The Morgan fingerprint density at radius 2 is 1.57 bits per heavy atom. The molecular formula is C17H22N2O2. The van der Waals surface area contributed by atoms with Crippen LogP contribution < -0.4 is 20.3 Å². The molecular weight excluding hydrogens is 264 g/mol. The number of rotatable bonds is 8. The largest absolute Gasteiger partial charge is 0.490 e. The third kappa shape index (κ3) is 4.68. The molecule has 4 heteroatoms. The summed E-state index contributed by atoms with van der Waals surface area (Å²) < 4.78 is 11.2. The van der Waals surface area contributed by atoms with Crippen molar-refractivity contribution in [2.75, 3.05) is 18.6 Å². The van der Waals surface area contributed by atoms with Gasteiger partial charge in [0.05, 0.1) is 13.2 Å². The van der Waals surface area contributed by atoms with E-state index in [4.69, 9.17) is 9.47 Å². The molecule has 0 fully saturated rings. The predicted molar refractivity (Wildman–Crippen MR) is 85.7 cm³/mol. The molecule has 4 nitrogen and oxygen atoms in total. The number of benzene rings is 2. The van der Waals surface area contributed by atoms with Crippen LogP contribution in [0, 0.1) is 0 Å². The Kier molecular flexibility index (Phi) is 5.91. The summed E-state index contributed by atoms with van der Waals surface area (Å²) in [7, 11) is 0. The second-order valence-corrected chi connectivity index (χ2v) is 4.49. The number of nitrogens with one attached hydrogen (secondary N) is 2. The monoisotopic (exact) mass is 286 g/mol. The van der Waals surface area contributed by atoms with E-state index in [1.807, 2.05) is 62.4 Å². The van der Waals surface area contributed by atoms with Crippen LogP contribution in [0.4, 0.5) is 5.69 Å². The van der Waals surface area contributed by atoms with Crippen molar-refractivity contribution in [1.29, 1.82) is 0 Å². The molecule has 2 N–H and O–H groups in total. The fourth-order valence-corrected chi connectivity index (χ4v) is 1.98. The number of hydrazine groups is 1.